The molecule has 2 aromatic heterocycles. The molecule has 0 saturated heterocycles. The van der Waals surface area contributed by atoms with Crippen molar-refractivity contribution in [2.45, 2.75) is 26.7 Å². The molecule has 0 aliphatic heterocycles. The first-order valence-electron chi connectivity index (χ1n) is 8.64. The minimum Gasteiger partial charge on any atom is -0.508 e. The average Bonchev–Trinajstić information content (AvgIpc) is 2.99. The lowest BCUT2D eigenvalue weighted by Crippen LogP contribution is -2.12. The summed E-state index contributed by atoms with van der Waals surface area (Å²) in [5.41, 5.74) is 3.45. The molecule has 2 N–H and O–H groups in total. The summed E-state index contributed by atoms with van der Waals surface area (Å²) >= 11 is 0. The van der Waals surface area contributed by atoms with E-state index < -0.39 is 0 Å². The Morgan fingerprint density at radius 2 is 2.16 bits per heavy atom. The lowest BCUT2D eigenvalue weighted by molar-refractivity contribution is 0.141. The smallest absolute Gasteiger partial charge is 0.180 e. The molecular weight excluding hydrogens is 316 g/mol. The van der Waals surface area contributed by atoms with E-state index >= 15 is 0 Å². The minimum absolute atomic E-state index is 0.223. The summed E-state index contributed by atoms with van der Waals surface area (Å²) in [6.45, 7) is 6.23. The maximum atomic E-state index is 9.74. The number of hydrogen-bond donors (Lipinski definition) is 2. The van der Waals surface area contributed by atoms with Crippen molar-refractivity contribution in [1.82, 2.24) is 14.4 Å². The fourth-order valence-corrected chi connectivity index (χ4v) is 2.62. The summed E-state index contributed by atoms with van der Waals surface area (Å²) in [5, 5.41) is 13.1. The normalized spacial score (nSPS) is 11.1. The molecule has 0 aliphatic carbocycles. The molecule has 3 aromatic rings. The Hall–Kier alpha value is -2.60. The van der Waals surface area contributed by atoms with Crippen LogP contribution in [0.2, 0.25) is 0 Å². The quantitative estimate of drug-likeness (QED) is 0.613. The van der Waals surface area contributed by atoms with Crippen LogP contribution in [0.5, 0.6) is 5.75 Å². The highest BCUT2D eigenvalue weighted by Gasteiger charge is 2.11. The van der Waals surface area contributed by atoms with Crippen LogP contribution < -0.4 is 5.32 Å². The van der Waals surface area contributed by atoms with E-state index in [1.54, 1.807) is 12.1 Å². The molecule has 1 aromatic carbocycles. The molecule has 0 amide bonds. The predicted molar refractivity (Wildman–Crippen MR) is 99.0 cm³/mol. The standard InChI is InChI=1S/C19H24N4O2/c1-3-4-9-25-10-8-20-18-19-21-12-14(2)23(19)13-17(22-18)15-6-5-7-16(24)11-15/h5-7,11-13,24H,3-4,8-10H2,1-2H3,(H,20,22). The second kappa shape index (κ2) is 7.98. The molecule has 0 spiro atoms. The van der Waals surface area contributed by atoms with Crippen molar-refractivity contribution in [1.29, 1.82) is 0 Å². The van der Waals surface area contributed by atoms with E-state index in [2.05, 4.69) is 17.2 Å². The topological polar surface area (TPSA) is 71.7 Å². The van der Waals surface area contributed by atoms with Gasteiger partial charge in [0.05, 0.1) is 12.3 Å². The Balaban J connectivity index is 1.84. The van der Waals surface area contributed by atoms with Gasteiger partial charge in [0, 0.05) is 36.8 Å². The summed E-state index contributed by atoms with van der Waals surface area (Å²) in [5.74, 6) is 0.939. The number of imidazole rings is 1. The van der Waals surface area contributed by atoms with Crippen LogP contribution in [0.3, 0.4) is 0 Å². The lowest BCUT2D eigenvalue weighted by Gasteiger charge is -2.11. The number of phenolic OH excluding ortho intramolecular Hbond substituents is 1. The van der Waals surface area contributed by atoms with E-state index in [9.17, 15) is 5.11 Å². The first-order valence-corrected chi connectivity index (χ1v) is 8.64. The summed E-state index contributed by atoms with van der Waals surface area (Å²) in [4.78, 5) is 9.15. The van der Waals surface area contributed by atoms with Crippen LogP contribution >= 0.6 is 0 Å². The van der Waals surface area contributed by atoms with Gasteiger partial charge in [-0.2, -0.15) is 0 Å². The highest BCUT2D eigenvalue weighted by atomic mass is 16.5. The SMILES string of the molecule is CCCCOCCNc1nc(-c2cccc(O)c2)cn2c(C)cnc12. The third kappa shape index (κ3) is 4.09. The van der Waals surface area contributed by atoms with E-state index in [0.29, 0.717) is 19.0 Å². The Kier molecular flexibility index (Phi) is 5.50. The number of phenols is 1. The molecule has 0 fully saturated rings. The van der Waals surface area contributed by atoms with E-state index in [0.717, 1.165) is 42.0 Å². The number of hydrogen-bond acceptors (Lipinski definition) is 5. The van der Waals surface area contributed by atoms with Gasteiger partial charge in [-0.1, -0.05) is 25.5 Å². The van der Waals surface area contributed by atoms with Gasteiger partial charge in [-0.05, 0) is 25.5 Å². The van der Waals surface area contributed by atoms with Crippen molar-refractivity contribution in [3.63, 3.8) is 0 Å². The fraction of sp³-hybridized carbons (Fsp3) is 0.368. The Bertz CT molecular complexity index is 845. The molecule has 0 bridgehead atoms. The lowest BCUT2D eigenvalue weighted by atomic mass is 10.1. The van der Waals surface area contributed by atoms with Crippen LogP contribution in [0, 0.1) is 6.92 Å². The molecule has 25 heavy (non-hydrogen) atoms. The zero-order valence-corrected chi connectivity index (χ0v) is 14.7. The molecular formula is C19H24N4O2. The maximum absolute atomic E-state index is 9.74. The van der Waals surface area contributed by atoms with Gasteiger partial charge in [0.1, 0.15) is 5.75 Å². The molecule has 6 nitrogen and oxygen atoms in total. The zero-order valence-electron chi connectivity index (χ0n) is 14.7. The van der Waals surface area contributed by atoms with Gasteiger partial charge in [-0.3, -0.25) is 4.40 Å². The van der Waals surface area contributed by atoms with Crippen molar-refractivity contribution in [2.75, 3.05) is 25.1 Å². The van der Waals surface area contributed by atoms with Crippen LogP contribution in [0.4, 0.5) is 5.82 Å². The van der Waals surface area contributed by atoms with Crippen LogP contribution in [-0.2, 0) is 4.74 Å². The maximum Gasteiger partial charge on any atom is 0.180 e. The highest BCUT2D eigenvalue weighted by Crippen LogP contribution is 2.25. The molecule has 0 saturated carbocycles. The van der Waals surface area contributed by atoms with E-state index in [4.69, 9.17) is 9.72 Å². The number of nitrogens with one attached hydrogen (secondary N) is 1. The molecule has 3 rings (SSSR count). The second-order valence-electron chi connectivity index (χ2n) is 6.01. The number of unbranched alkanes of at least 4 members (excludes halogenated alkanes) is 1. The van der Waals surface area contributed by atoms with Gasteiger partial charge in [0.2, 0.25) is 0 Å². The van der Waals surface area contributed by atoms with Crippen molar-refractivity contribution in [2.24, 2.45) is 0 Å². The molecule has 0 aliphatic rings. The minimum atomic E-state index is 0.223. The third-order valence-electron chi connectivity index (χ3n) is 4.00. The first kappa shape index (κ1) is 17.2. The number of benzene rings is 1. The number of ether oxygens (including phenoxy) is 1. The Morgan fingerprint density at radius 1 is 1.28 bits per heavy atom. The summed E-state index contributed by atoms with van der Waals surface area (Å²) < 4.78 is 7.60. The van der Waals surface area contributed by atoms with Crippen LogP contribution in [0.1, 0.15) is 25.5 Å². The summed E-state index contributed by atoms with van der Waals surface area (Å²) in [6.07, 6.45) is 5.98. The van der Waals surface area contributed by atoms with E-state index in [1.807, 2.05) is 35.9 Å². The Morgan fingerprint density at radius 3 is 2.96 bits per heavy atom. The number of anilines is 1. The predicted octanol–water partition coefficient (Wildman–Crippen LogP) is 3.64. The Labute approximate surface area is 147 Å². The number of nitrogens with zero attached hydrogens (tertiary/aromatic N) is 3. The van der Waals surface area contributed by atoms with E-state index in [-0.39, 0.29) is 5.75 Å². The molecule has 2 heterocycles. The van der Waals surface area contributed by atoms with Crippen LogP contribution in [0.15, 0.2) is 36.7 Å². The van der Waals surface area contributed by atoms with Gasteiger partial charge in [0.25, 0.3) is 0 Å². The number of aromatic nitrogens is 3. The van der Waals surface area contributed by atoms with Gasteiger partial charge in [0.15, 0.2) is 11.5 Å². The number of aryl methyl sites for hydroxylation is 1. The molecule has 0 atom stereocenters. The monoisotopic (exact) mass is 340 g/mol. The van der Waals surface area contributed by atoms with Crippen molar-refractivity contribution < 1.29 is 9.84 Å². The summed E-state index contributed by atoms with van der Waals surface area (Å²) in [6, 6.07) is 7.10. The molecule has 6 heteroatoms. The van der Waals surface area contributed by atoms with Gasteiger partial charge < -0.3 is 15.2 Å². The third-order valence-corrected chi connectivity index (χ3v) is 4.00. The van der Waals surface area contributed by atoms with Crippen molar-refractivity contribution in [3.8, 4) is 17.0 Å². The zero-order chi connectivity index (χ0) is 17.6. The molecule has 132 valence electrons. The van der Waals surface area contributed by atoms with Gasteiger partial charge in [-0.15, -0.1) is 0 Å². The van der Waals surface area contributed by atoms with E-state index in [1.165, 1.54) is 0 Å². The van der Waals surface area contributed by atoms with Gasteiger partial charge >= 0.3 is 0 Å². The molecule has 0 unspecified atom stereocenters. The fourth-order valence-electron chi connectivity index (χ4n) is 2.62. The number of aromatic hydroxyl groups is 1. The average molecular weight is 340 g/mol. The van der Waals surface area contributed by atoms with Crippen molar-refractivity contribution in [3.05, 3.63) is 42.4 Å². The molecule has 0 radical (unpaired) electrons. The van der Waals surface area contributed by atoms with Crippen LogP contribution in [0.25, 0.3) is 16.9 Å². The second-order valence-corrected chi connectivity index (χ2v) is 6.01. The summed E-state index contributed by atoms with van der Waals surface area (Å²) in [7, 11) is 0. The largest absolute Gasteiger partial charge is 0.508 e. The highest BCUT2D eigenvalue weighted by molar-refractivity contribution is 5.70. The number of fused-ring (bicyclic) bond motifs is 1. The van der Waals surface area contributed by atoms with Crippen LogP contribution in [-0.4, -0.2) is 39.2 Å². The van der Waals surface area contributed by atoms with Gasteiger partial charge in [-0.25, -0.2) is 9.97 Å². The first-order chi connectivity index (χ1) is 12.2. The number of rotatable bonds is 8. The van der Waals surface area contributed by atoms with Crippen molar-refractivity contribution >= 4 is 11.5 Å².